The lowest BCUT2D eigenvalue weighted by atomic mass is 9.90. The second-order valence-corrected chi connectivity index (χ2v) is 28.4. The van der Waals surface area contributed by atoms with E-state index in [1.807, 2.05) is 0 Å². The first-order chi connectivity index (χ1) is 53.1. The lowest BCUT2D eigenvalue weighted by Crippen LogP contribution is -2.43. The number of carboxylic acid groups (broad SMARTS) is 6. The molecule has 0 saturated heterocycles. The molecule has 0 aromatic rings. The number of rotatable bonds is 80. The molecule has 0 aliphatic carbocycles. The average molecular weight is 1580 g/mol. The van der Waals surface area contributed by atoms with Crippen molar-refractivity contribution in [2.75, 3.05) is 86.1 Å². The summed E-state index contributed by atoms with van der Waals surface area (Å²) >= 11 is 0. The Morgan fingerprint density at radius 3 is 1.04 bits per heavy atom. The molecule has 0 aliphatic rings. The van der Waals surface area contributed by atoms with E-state index in [9.17, 15) is 97.1 Å². The molecule has 13 N–H and O–H groups in total. The zero-order valence-electron chi connectivity index (χ0n) is 66.0. The smallest absolute Gasteiger partial charge is 0.326 e. The van der Waals surface area contributed by atoms with Gasteiger partial charge in [-0.2, -0.15) is 0 Å². The van der Waals surface area contributed by atoms with Crippen molar-refractivity contribution in [3.05, 3.63) is 0 Å². The van der Waals surface area contributed by atoms with Gasteiger partial charge in [0.1, 0.15) is 42.6 Å². The Morgan fingerprint density at radius 2 is 0.631 bits per heavy atom. The van der Waals surface area contributed by atoms with Gasteiger partial charge in [0.05, 0.1) is 57.5 Å². The summed E-state index contributed by atoms with van der Waals surface area (Å²) in [7, 11) is 1.65. The largest absolute Gasteiger partial charge is 0.481 e. The quantitative estimate of drug-likeness (QED) is 0.0270. The van der Waals surface area contributed by atoms with Crippen LogP contribution >= 0.6 is 0 Å². The number of ether oxygens (including phenoxy) is 4. The van der Waals surface area contributed by atoms with Crippen molar-refractivity contribution in [1.82, 2.24) is 37.2 Å². The minimum atomic E-state index is -1.37. The number of likely N-dealkylation sites (N-methyl/N-ethyl adjacent to an activating group) is 1. The van der Waals surface area contributed by atoms with Crippen LogP contribution in [0.4, 0.5) is 0 Å². The molecule has 0 aromatic carbocycles. The van der Waals surface area contributed by atoms with Gasteiger partial charge in [0.15, 0.2) is 5.78 Å². The van der Waals surface area contributed by atoms with E-state index in [4.69, 9.17) is 29.2 Å². The van der Waals surface area contributed by atoms with Crippen LogP contribution in [-0.2, 0) is 95.7 Å². The van der Waals surface area contributed by atoms with Gasteiger partial charge in [-0.1, -0.05) is 109 Å². The third-order valence-corrected chi connectivity index (χ3v) is 18.8. The Morgan fingerprint density at radius 1 is 0.279 bits per heavy atom. The molecule has 0 saturated carbocycles. The standard InChI is InChI=1S/C78H133N7O26/c1-57(86)58(27-23-25-43-81-69(92)41-37-65(78(106)107)85-72(95)56-111-52-50-109-47-45-82-68(91)40-34-59(75(100)101)53-61(87)28-19-15-11-7-3-5-9-13-17-21-31-73(96)97)33-38-66(89)63(79-2)29-24-26-44-80-67(90)39-35-60(76(102)103)54-62(88)55-110-51-49-108-48-46-83-70(93)42-36-64(77(104)105)84-71(94)30-20-16-12-8-4-6-10-14-18-22-32-74(98)99/h58-60,63-65,79H,3-56H2,1-2H3,(H,80,90)(H,81,92)(H,82,91)(H,83,93)(H,84,94)(H,85,95)(H,96,97)(H,98,99)(H,100,101)(H,102,103)(H,104,105)(H,106,107)/t58-,59-,60-,63+,64+,65+/m1/s1. The minimum absolute atomic E-state index is 0.00225. The van der Waals surface area contributed by atoms with E-state index in [1.165, 1.54) is 6.92 Å². The van der Waals surface area contributed by atoms with Crippen LogP contribution in [0.3, 0.4) is 0 Å². The number of nitrogens with one attached hydrogen (secondary N) is 7. The van der Waals surface area contributed by atoms with E-state index in [0.29, 0.717) is 70.6 Å². The fourth-order valence-corrected chi connectivity index (χ4v) is 12.1. The fourth-order valence-electron chi connectivity index (χ4n) is 12.1. The Balaban J connectivity index is 4.28. The van der Waals surface area contributed by atoms with Crippen LogP contribution in [0, 0.1) is 17.8 Å². The first-order valence-corrected chi connectivity index (χ1v) is 40.2. The molecule has 0 aliphatic heterocycles. The molecule has 636 valence electrons. The third-order valence-electron chi connectivity index (χ3n) is 18.8. The molecule has 33 nitrogen and oxygen atoms in total. The van der Waals surface area contributed by atoms with Gasteiger partial charge in [0, 0.05) is 103 Å². The number of carbonyl (C=O) groups is 16. The Bertz CT molecular complexity index is 2740. The second kappa shape index (κ2) is 68.9. The first kappa shape index (κ1) is 103. The number of amides is 6. The maximum Gasteiger partial charge on any atom is 0.326 e. The fraction of sp³-hybridized carbons (Fsp3) is 0.795. The van der Waals surface area contributed by atoms with E-state index < -0.39 is 120 Å². The molecule has 0 unspecified atom stereocenters. The van der Waals surface area contributed by atoms with E-state index in [1.54, 1.807) is 7.05 Å². The number of ketones is 4. The van der Waals surface area contributed by atoms with Gasteiger partial charge in [-0.05, 0) is 104 Å². The summed E-state index contributed by atoms with van der Waals surface area (Å²) in [5.74, 6) is -12.6. The highest BCUT2D eigenvalue weighted by Gasteiger charge is 2.27. The Kier molecular flexibility index (Phi) is 64.0. The molecule has 0 spiro atoms. The predicted molar refractivity (Wildman–Crippen MR) is 408 cm³/mol. The first-order valence-electron chi connectivity index (χ1n) is 40.2. The second-order valence-electron chi connectivity index (χ2n) is 28.4. The number of unbranched alkanes of at least 4 members (excludes halogenated alkanes) is 20. The van der Waals surface area contributed by atoms with Gasteiger partial charge in [0.2, 0.25) is 35.4 Å². The van der Waals surface area contributed by atoms with Crippen molar-refractivity contribution < 1.29 is 126 Å². The summed E-state index contributed by atoms with van der Waals surface area (Å²) < 4.78 is 21.4. The summed E-state index contributed by atoms with van der Waals surface area (Å²) in [6, 6.07) is -3.08. The maximum atomic E-state index is 13.2. The van der Waals surface area contributed by atoms with Crippen molar-refractivity contribution >= 4 is 94.4 Å². The van der Waals surface area contributed by atoms with E-state index >= 15 is 0 Å². The van der Waals surface area contributed by atoms with Crippen LogP contribution in [0.5, 0.6) is 0 Å². The molecule has 0 fully saturated rings. The van der Waals surface area contributed by atoms with Gasteiger partial charge in [0.25, 0.3) is 0 Å². The molecule has 6 atom stereocenters. The summed E-state index contributed by atoms with van der Waals surface area (Å²) in [5, 5.41) is 74.5. The van der Waals surface area contributed by atoms with Crippen molar-refractivity contribution in [2.24, 2.45) is 17.8 Å². The predicted octanol–water partition coefficient (Wildman–Crippen LogP) is 7.11. The maximum absolute atomic E-state index is 13.2. The van der Waals surface area contributed by atoms with Gasteiger partial charge in [-0.15, -0.1) is 0 Å². The normalized spacial score (nSPS) is 12.8. The van der Waals surface area contributed by atoms with E-state index in [-0.39, 0.29) is 186 Å². The van der Waals surface area contributed by atoms with Crippen LogP contribution in [-0.4, -0.2) is 229 Å². The SMILES string of the molecule is CN[C@@H](CCCCNC(=O)CC[C@H](CC(=O)COCCOCCNC(=O)CC[C@H](NC(=O)CCCCCCCCCCCCC(=O)O)C(=O)O)C(=O)O)C(=O)CC[C@@H](CCCCNC(=O)CC[C@H](NC(=O)COCCOCCNC(=O)CC[C@H](CC(=O)CCCCCCCCCCCCC(=O)O)C(=O)O)C(=O)O)C(C)=O. The van der Waals surface area contributed by atoms with Crippen molar-refractivity contribution in [2.45, 2.75) is 295 Å². The molecule has 0 radical (unpaired) electrons. The van der Waals surface area contributed by atoms with Gasteiger partial charge >= 0.3 is 35.8 Å². The minimum Gasteiger partial charge on any atom is -0.481 e. The number of carboxylic acids is 6. The number of Topliss-reactive ketones (excluding diaryl/α,β-unsaturated/α-hetero) is 4. The molecule has 33 heteroatoms. The topological polar surface area (TPSA) is 516 Å². The van der Waals surface area contributed by atoms with Gasteiger partial charge in [-0.3, -0.25) is 67.1 Å². The number of carbonyl (C=O) groups excluding carboxylic acids is 10. The van der Waals surface area contributed by atoms with Crippen molar-refractivity contribution in [3.8, 4) is 0 Å². The molecular formula is C78H133N7O26. The van der Waals surface area contributed by atoms with Crippen LogP contribution < -0.4 is 37.2 Å². The highest BCUT2D eigenvalue weighted by Crippen LogP contribution is 2.21. The molecule has 111 heavy (non-hydrogen) atoms. The number of aliphatic carboxylic acids is 6. The summed E-state index contributed by atoms with van der Waals surface area (Å²) in [4.78, 5) is 194. The van der Waals surface area contributed by atoms with Crippen molar-refractivity contribution in [3.63, 3.8) is 0 Å². The highest BCUT2D eigenvalue weighted by atomic mass is 16.5. The van der Waals surface area contributed by atoms with Gasteiger partial charge < -0.3 is 86.8 Å². The van der Waals surface area contributed by atoms with E-state index in [0.717, 1.165) is 103 Å². The Labute approximate surface area is 653 Å². The molecule has 0 rings (SSSR count). The summed E-state index contributed by atoms with van der Waals surface area (Å²) in [5.41, 5.74) is 0. The lowest BCUT2D eigenvalue weighted by Gasteiger charge is -2.18. The average Bonchev–Trinajstić information content (AvgIpc) is 0.947. The van der Waals surface area contributed by atoms with Crippen molar-refractivity contribution in [1.29, 1.82) is 0 Å². The van der Waals surface area contributed by atoms with E-state index in [2.05, 4.69) is 37.2 Å². The van der Waals surface area contributed by atoms with Crippen LogP contribution in [0.2, 0.25) is 0 Å². The number of hydrogen-bond donors (Lipinski definition) is 13. The third kappa shape index (κ3) is 63.3. The monoisotopic (exact) mass is 1580 g/mol. The zero-order chi connectivity index (χ0) is 82.7. The summed E-state index contributed by atoms with van der Waals surface area (Å²) in [6.07, 6.45) is 21.7. The molecular weight excluding hydrogens is 1450 g/mol. The molecule has 0 bridgehead atoms. The lowest BCUT2D eigenvalue weighted by molar-refractivity contribution is -0.145. The van der Waals surface area contributed by atoms with Crippen LogP contribution in [0.1, 0.15) is 277 Å². The highest BCUT2D eigenvalue weighted by molar-refractivity contribution is 5.88. The van der Waals surface area contributed by atoms with Crippen LogP contribution in [0.15, 0.2) is 0 Å². The molecule has 0 aromatic heterocycles. The van der Waals surface area contributed by atoms with Crippen LogP contribution in [0.25, 0.3) is 0 Å². The molecule has 0 heterocycles. The molecule has 6 amide bonds. The zero-order valence-corrected chi connectivity index (χ0v) is 66.0. The number of hydrogen-bond acceptors (Lipinski definition) is 21. The summed E-state index contributed by atoms with van der Waals surface area (Å²) in [6.45, 7) is 1.55. The van der Waals surface area contributed by atoms with Gasteiger partial charge in [-0.25, -0.2) is 9.59 Å². The Hall–Kier alpha value is -7.88.